The number of ether oxygens (including phenoxy) is 1. The van der Waals surface area contributed by atoms with Gasteiger partial charge in [-0.1, -0.05) is 12.1 Å². The summed E-state index contributed by atoms with van der Waals surface area (Å²) in [6.07, 6.45) is 0. The largest absolute Gasteiger partial charge is 0.482 e. The van der Waals surface area contributed by atoms with E-state index in [1.54, 1.807) is 29.6 Å². The van der Waals surface area contributed by atoms with E-state index in [2.05, 4.69) is 10.3 Å². The van der Waals surface area contributed by atoms with Gasteiger partial charge >= 0.3 is 5.69 Å². The summed E-state index contributed by atoms with van der Waals surface area (Å²) in [4.78, 5) is 28.7. The van der Waals surface area contributed by atoms with Crippen LogP contribution in [0.4, 0.5) is 10.8 Å². The first-order valence-corrected chi connectivity index (χ1v) is 9.32. The summed E-state index contributed by atoms with van der Waals surface area (Å²) in [5, 5.41) is 16.1. The van der Waals surface area contributed by atoms with Crippen LogP contribution in [0.3, 0.4) is 0 Å². The van der Waals surface area contributed by atoms with Gasteiger partial charge in [-0.2, -0.15) is 0 Å². The number of hydrogen-bond donors (Lipinski definition) is 1. The average Bonchev–Trinajstić information content (AvgIpc) is 3.20. The molecule has 1 aromatic carbocycles. The van der Waals surface area contributed by atoms with Crippen molar-refractivity contribution in [3.63, 3.8) is 0 Å². The molecule has 2 aromatic heterocycles. The zero-order valence-electron chi connectivity index (χ0n) is 14.0. The van der Waals surface area contributed by atoms with Gasteiger partial charge in [0, 0.05) is 16.5 Å². The van der Waals surface area contributed by atoms with E-state index in [0.717, 1.165) is 16.1 Å². The number of amides is 1. The lowest BCUT2D eigenvalue weighted by atomic mass is 10.3. The Balaban J connectivity index is 1.64. The number of nitrogens with zero attached hydrogens (tertiary/aromatic N) is 2. The van der Waals surface area contributed by atoms with Crippen molar-refractivity contribution >= 4 is 39.4 Å². The molecule has 0 saturated heterocycles. The molecule has 0 radical (unpaired) electrons. The maximum absolute atomic E-state index is 12.3. The zero-order chi connectivity index (χ0) is 18.7. The number of carbonyl (C=O) groups excluding carboxylic acids is 1. The van der Waals surface area contributed by atoms with Crippen molar-refractivity contribution in [3.05, 3.63) is 66.8 Å². The van der Waals surface area contributed by atoms with Gasteiger partial charge in [-0.3, -0.25) is 20.2 Å². The highest BCUT2D eigenvalue weighted by atomic mass is 32.1. The number of carbonyl (C=O) groups is 1. The second kappa shape index (κ2) is 7.63. The number of thiophene rings is 1. The minimum atomic E-state index is -0.486. The number of nitro benzene ring substituents is 1. The van der Waals surface area contributed by atoms with Crippen molar-refractivity contribution in [3.8, 4) is 5.75 Å². The van der Waals surface area contributed by atoms with Crippen molar-refractivity contribution in [2.24, 2.45) is 0 Å². The van der Waals surface area contributed by atoms with Gasteiger partial charge < -0.3 is 4.74 Å². The molecule has 0 spiro atoms. The molecule has 0 saturated carbocycles. The van der Waals surface area contributed by atoms with Crippen molar-refractivity contribution in [1.82, 2.24) is 4.98 Å². The summed E-state index contributed by atoms with van der Waals surface area (Å²) in [5.74, 6) is -0.0378. The Bertz CT molecular complexity index is 945. The maximum Gasteiger partial charge on any atom is 0.310 e. The van der Waals surface area contributed by atoms with Crippen LogP contribution in [0, 0.1) is 24.0 Å². The standard InChI is InChI=1S/C17H15N3O4S2/c1-10-11(2)26-17(18-10)19-16(21)15-7-12(9-25-15)8-24-14-6-4-3-5-13(14)20(22)23/h3-7,9H,8H2,1-2H3,(H,18,19,21). The molecule has 3 aromatic rings. The normalized spacial score (nSPS) is 10.5. The SMILES string of the molecule is Cc1nc(NC(=O)c2cc(COc3ccccc3[N+](=O)[O-])cs2)sc1C. The molecule has 0 aliphatic carbocycles. The van der Waals surface area contributed by atoms with Crippen LogP contribution in [0.2, 0.25) is 0 Å². The minimum Gasteiger partial charge on any atom is -0.482 e. The molecular weight excluding hydrogens is 374 g/mol. The van der Waals surface area contributed by atoms with Gasteiger partial charge in [0.05, 0.1) is 15.5 Å². The van der Waals surface area contributed by atoms with E-state index in [9.17, 15) is 14.9 Å². The number of anilines is 1. The molecule has 0 bridgehead atoms. The molecule has 0 unspecified atom stereocenters. The smallest absolute Gasteiger partial charge is 0.310 e. The molecule has 9 heteroatoms. The van der Waals surface area contributed by atoms with Crippen LogP contribution in [-0.2, 0) is 6.61 Å². The predicted molar refractivity (Wildman–Crippen MR) is 101 cm³/mol. The number of thiazole rings is 1. The third kappa shape index (κ3) is 4.06. The van der Waals surface area contributed by atoms with Crippen LogP contribution >= 0.6 is 22.7 Å². The van der Waals surface area contributed by atoms with Gasteiger partial charge in [0.1, 0.15) is 6.61 Å². The number of nitro groups is 1. The fraction of sp³-hybridized carbons (Fsp3) is 0.176. The third-order valence-corrected chi connectivity index (χ3v) is 5.55. The van der Waals surface area contributed by atoms with Gasteiger partial charge in [-0.15, -0.1) is 22.7 Å². The molecule has 0 atom stereocenters. The summed E-state index contributed by atoms with van der Waals surface area (Å²) in [6, 6.07) is 7.90. The van der Waals surface area contributed by atoms with Crippen LogP contribution in [0.15, 0.2) is 35.7 Å². The predicted octanol–water partition coefficient (Wildman–Crippen LogP) is 4.56. The van der Waals surface area contributed by atoms with Gasteiger partial charge in [0.15, 0.2) is 10.9 Å². The molecule has 0 aliphatic rings. The molecule has 26 heavy (non-hydrogen) atoms. The van der Waals surface area contributed by atoms with Crippen LogP contribution in [0.5, 0.6) is 5.75 Å². The van der Waals surface area contributed by atoms with Crippen molar-refractivity contribution in [2.75, 3.05) is 5.32 Å². The third-order valence-electron chi connectivity index (χ3n) is 3.58. The van der Waals surface area contributed by atoms with Crippen LogP contribution < -0.4 is 10.1 Å². The van der Waals surface area contributed by atoms with E-state index in [0.29, 0.717) is 10.0 Å². The highest BCUT2D eigenvalue weighted by Crippen LogP contribution is 2.28. The van der Waals surface area contributed by atoms with E-state index in [1.165, 1.54) is 28.7 Å². The van der Waals surface area contributed by atoms with Crippen molar-refractivity contribution < 1.29 is 14.5 Å². The molecule has 134 valence electrons. The molecule has 0 aliphatic heterocycles. The molecule has 7 nitrogen and oxygen atoms in total. The van der Waals surface area contributed by atoms with Gasteiger partial charge in [0.2, 0.25) is 0 Å². The van der Waals surface area contributed by atoms with Crippen LogP contribution in [0.1, 0.15) is 25.8 Å². The Hall–Kier alpha value is -2.78. The van der Waals surface area contributed by atoms with Gasteiger partial charge in [0.25, 0.3) is 5.91 Å². The lowest BCUT2D eigenvalue weighted by molar-refractivity contribution is -0.385. The topological polar surface area (TPSA) is 94.4 Å². The van der Waals surface area contributed by atoms with Crippen LogP contribution in [0.25, 0.3) is 0 Å². The second-order valence-corrected chi connectivity index (χ2v) is 7.56. The number of rotatable bonds is 6. The quantitative estimate of drug-likeness (QED) is 0.492. The molecule has 1 N–H and O–H groups in total. The van der Waals surface area contributed by atoms with Crippen molar-refractivity contribution in [2.45, 2.75) is 20.5 Å². The Morgan fingerprint density at radius 3 is 2.81 bits per heavy atom. The van der Waals surface area contributed by atoms with E-state index >= 15 is 0 Å². The van der Waals surface area contributed by atoms with Crippen molar-refractivity contribution in [1.29, 1.82) is 0 Å². The molecule has 1 amide bonds. The first-order chi connectivity index (χ1) is 12.4. The lowest BCUT2D eigenvalue weighted by Crippen LogP contribution is -2.09. The number of aromatic nitrogens is 1. The first kappa shape index (κ1) is 18.0. The minimum absolute atomic E-state index is 0.0878. The highest BCUT2D eigenvalue weighted by molar-refractivity contribution is 7.16. The number of benzene rings is 1. The summed E-state index contributed by atoms with van der Waals surface area (Å²) in [5.41, 5.74) is 1.58. The zero-order valence-corrected chi connectivity index (χ0v) is 15.6. The Kier molecular flexibility index (Phi) is 5.29. The Morgan fingerprint density at radius 1 is 1.35 bits per heavy atom. The molecule has 2 heterocycles. The average molecular weight is 389 g/mol. The Morgan fingerprint density at radius 2 is 2.12 bits per heavy atom. The fourth-order valence-corrected chi connectivity index (χ4v) is 3.75. The lowest BCUT2D eigenvalue weighted by Gasteiger charge is -2.04. The van der Waals surface area contributed by atoms with E-state index in [-0.39, 0.29) is 24.0 Å². The number of para-hydroxylation sites is 2. The molecular formula is C17H15N3O4S2. The number of nitrogens with one attached hydrogen (secondary N) is 1. The summed E-state index contributed by atoms with van der Waals surface area (Å²) in [6.45, 7) is 3.99. The van der Waals surface area contributed by atoms with E-state index < -0.39 is 4.92 Å². The Labute approximate surface area is 157 Å². The van der Waals surface area contributed by atoms with Crippen LogP contribution in [-0.4, -0.2) is 15.8 Å². The van der Waals surface area contributed by atoms with E-state index in [4.69, 9.17) is 4.74 Å². The molecule has 3 rings (SSSR count). The monoisotopic (exact) mass is 389 g/mol. The summed E-state index contributed by atoms with van der Waals surface area (Å²) >= 11 is 2.71. The fourth-order valence-electron chi connectivity index (χ4n) is 2.15. The van der Waals surface area contributed by atoms with Gasteiger partial charge in [-0.05, 0) is 31.4 Å². The maximum atomic E-state index is 12.3. The van der Waals surface area contributed by atoms with E-state index in [1.807, 2.05) is 13.8 Å². The van der Waals surface area contributed by atoms with Gasteiger partial charge in [-0.25, -0.2) is 4.98 Å². The highest BCUT2D eigenvalue weighted by Gasteiger charge is 2.15. The summed E-state index contributed by atoms with van der Waals surface area (Å²) in [7, 11) is 0. The second-order valence-electron chi connectivity index (χ2n) is 5.45. The molecule has 0 fully saturated rings. The number of hydrogen-bond acceptors (Lipinski definition) is 7. The first-order valence-electron chi connectivity index (χ1n) is 7.63. The summed E-state index contributed by atoms with van der Waals surface area (Å²) < 4.78 is 5.54. The number of aryl methyl sites for hydroxylation is 2.